The molecule has 3 aromatic rings. The highest BCUT2D eigenvalue weighted by Gasteiger charge is 2.25. The van der Waals surface area contributed by atoms with Crippen molar-refractivity contribution in [2.45, 2.75) is 39.0 Å². The third-order valence-electron chi connectivity index (χ3n) is 5.12. The molecular weight excluding hydrogens is 382 g/mol. The molecule has 1 aliphatic carbocycles. The van der Waals surface area contributed by atoms with Crippen molar-refractivity contribution >= 4 is 22.4 Å². The summed E-state index contributed by atoms with van der Waals surface area (Å²) in [5, 5.41) is 15.8. The van der Waals surface area contributed by atoms with E-state index in [0.29, 0.717) is 17.8 Å². The molecule has 0 radical (unpaired) electrons. The lowest BCUT2D eigenvalue weighted by Crippen LogP contribution is -2.09. The number of aryl methyl sites for hydroxylation is 1. The number of benzene rings is 1. The number of allylic oxidation sites excluding steroid dienone is 1. The molecule has 154 valence electrons. The number of fused-ring (bicyclic) bond motifs is 1. The van der Waals surface area contributed by atoms with E-state index in [-0.39, 0.29) is 17.4 Å². The van der Waals surface area contributed by atoms with Gasteiger partial charge in [0.1, 0.15) is 11.8 Å². The summed E-state index contributed by atoms with van der Waals surface area (Å²) in [7, 11) is 0. The number of anilines is 1. The highest BCUT2D eigenvalue weighted by molar-refractivity contribution is 5.85. The van der Waals surface area contributed by atoms with E-state index in [0.717, 1.165) is 30.3 Å². The summed E-state index contributed by atoms with van der Waals surface area (Å²) in [5.74, 6) is 0.465. The molecule has 0 spiro atoms. The maximum Gasteiger partial charge on any atom is 0.373 e. The average Bonchev–Trinajstić information content (AvgIpc) is 2.75. The Morgan fingerprint density at radius 2 is 2.10 bits per heavy atom. The zero-order valence-corrected chi connectivity index (χ0v) is 16.8. The molecule has 1 aromatic carbocycles. The number of pyridine rings is 1. The molecule has 0 saturated carbocycles. The molecule has 1 N–H and O–H groups in total. The van der Waals surface area contributed by atoms with Crippen LogP contribution in [-0.2, 0) is 0 Å². The summed E-state index contributed by atoms with van der Waals surface area (Å²) < 4.78 is 5.87. The van der Waals surface area contributed by atoms with Gasteiger partial charge in [-0.2, -0.15) is 4.98 Å². The van der Waals surface area contributed by atoms with Crippen LogP contribution in [0, 0.1) is 17.0 Å². The fraction of sp³-hybridized carbons (Fsp3) is 0.318. The van der Waals surface area contributed by atoms with E-state index in [1.165, 1.54) is 24.7 Å². The van der Waals surface area contributed by atoms with Crippen LogP contribution in [0.2, 0.25) is 0 Å². The quantitative estimate of drug-likeness (QED) is 0.322. The van der Waals surface area contributed by atoms with Gasteiger partial charge >= 0.3 is 11.6 Å². The van der Waals surface area contributed by atoms with Gasteiger partial charge < -0.3 is 10.1 Å². The molecule has 1 aliphatic rings. The number of hydrogen-bond donors (Lipinski definition) is 1. The molecule has 0 saturated heterocycles. The first-order valence-corrected chi connectivity index (χ1v) is 10.1. The highest BCUT2D eigenvalue weighted by atomic mass is 16.6. The summed E-state index contributed by atoms with van der Waals surface area (Å²) >= 11 is 0. The molecule has 30 heavy (non-hydrogen) atoms. The number of nitro groups is 1. The number of hydrogen-bond acceptors (Lipinski definition) is 7. The minimum Gasteiger partial charge on any atom is -0.431 e. The maximum atomic E-state index is 11.8. The van der Waals surface area contributed by atoms with Crippen molar-refractivity contribution in [2.75, 3.05) is 11.9 Å². The monoisotopic (exact) mass is 405 g/mol. The second-order valence-corrected chi connectivity index (χ2v) is 7.30. The SMILES string of the molecule is Cc1ccc2cccc(Oc3ncnc(NCCC4=CCCCC4)c3[N+](=O)[O-])c2n1. The summed E-state index contributed by atoms with van der Waals surface area (Å²) in [6, 6.07) is 9.30. The Balaban J connectivity index is 1.59. The minimum atomic E-state index is -0.513. The van der Waals surface area contributed by atoms with Crippen molar-refractivity contribution in [1.82, 2.24) is 15.0 Å². The molecule has 8 nitrogen and oxygen atoms in total. The summed E-state index contributed by atoms with van der Waals surface area (Å²) in [6.45, 7) is 2.45. The number of nitrogens with zero attached hydrogens (tertiary/aromatic N) is 4. The van der Waals surface area contributed by atoms with Gasteiger partial charge in [-0.1, -0.05) is 29.8 Å². The maximum absolute atomic E-state index is 11.8. The summed E-state index contributed by atoms with van der Waals surface area (Å²) in [4.78, 5) is 23.9. The van der Waals surface area contributed by atoms with Crippen molar-refractivity contribution < 1.29 is 9.66 Å². The Morgan fingerprint density at radius 3 is 2.90 bits per heavy atom. The molecule has 0 atom stereocenters. The van der Waals surface area contributed by atoms with E-state index >= 15 is 0 Å². The first-order chi connectivity index (χ1) is 14.6. The molecule has 8 heteroatoms. The van der Waals surface area contributed by atoms with Crippen molar-refractivity contribution in [3.63, 3.8) is 0 Å². The van der Waals surface area contributed by atoms with Gasteiger partial charge in [-0.25, -0.2) is 9.97 Å². The van der Waals surface area contributed by atoms with E-state index in [9.17, 15) is 10.1 Å². The van der Waals surface area contributed by atoms with Crippen molar-refractivity contribution in [1.29, 1.82) is 0 Å². The third kappa shape index (κ3) is 4.37. The van der Waals surface area contributed by atoms with Crippen LogP contribution >= 0.6 is 0 Å². The van der Waals surface area contributed by atoms with E-state index in [4.69, 9.17) is 4.74 Å². The van der Waals surface area contributed by atoms with E-state index < -0.39 is 4.92 Å². The van der Waals surface area contributed by atoms with Gasteiger partial charge in [0.05, 0.1) is 4.92 Å². The number of ether oxygens (including phenoxy) is 1. The molecule has 0 aliphatic heterocycles. The van der Waals surface area contributed by atoms with Crippen LogP contribution in [0.25, 0.3) is 10.9 Å². The second kappa shape index (κ2) is 8.86. The van der Waals surface area contributed by atoms with Crippen molar-refractivity contribution in [3.05, 3.63) is 64.1 Å². The molecule has 2 aromatic heterocycles. The Hall–Kier alpha value is -3.55. The van der Waals surface area contributed by atoms with E-state index in [1.54, 1.807) is 6.07 Å². The van der Waals surface area contributed by atoms with Gasteiger partial charge in [-0.3, -0.25) is 10.1 Å². The van der Waals surface area contributed by atoms with Crippen LogP contribution in [0.4, 0.5) is 11.5 Å². The topological polar surface area (TPSA) is 103 Å². The zero-order chi connectivity index (χ0) is 20.9. The Labute approximate surface area is 174 Å². The molecule has 0 amide bonds. The average molecular weight is 405 g/mol. The number of aromatic nitrogens is 3. The largest absolute Gasteiger partial charge is 0.431 e. The predicted octanol–water partition coefficient (Wildman–Crippen LogP) is 5.34. The normalized spacial score (nSPS) is 13.7. The van der Waals surface area contributed by atoms with Gasteiger partial charge in [-0.05, 0) is 51.2 Å². The minimum absolute atomic E-state index is 0.106. The van der Waals surface area contributed by atoms with Crippen LogP contribution in [0.3, 0.4) is 0 Å². The fourth-order valence-electron chi connectivity index (χ4n) is 3.61. The fourth-order valence-corrected chi connectivity index (χ4v) is 3.61. The van der Waals surface area contributed by atoms with Gasteiger partial charge in [0.15, 0.2) is 5.75 Å². The summed E-state index contributed by atoms with van der Waals surface area (Å²) in [5.41, 5.74) is 2.57. The third-order valence-corrected chi connectivity index (χ3v) is 5.12. The van der Waals surface area contributed by atoms with Crippen LogP contribution in [-0.4, -0.2) is 26.4 Å². The number of para-hydroxylation sites is 1. The van der Waals surface area contributed by atoms with Crippen LogP contribution in [0.5, 0.6) is 11.6 Å². The van der Waals surface area contributed by atoms with Crippen molar-refractivity contribution in [3.8, 4) is 11.6 Å². The van der Waals surface area contributed by atoms with Crippen LogP contribution < -0.4 is 10.1 Å². The Kier molecular flexibility index (Phi) is 5.83. The number of nitrogens with one attached hydrogen (secondary N) is 1. The first-order valence-electron chi connectivity index (χ1n) is 10.1. The van der Waals surface area contributed by atoms with Gasteiger partial charge in [-0.15, -0.1) is 0 Å². The lowest BCUT2D eigenvalue weighted by Gasteiger charge is -2.13. The Morgan fingerprint density at radius 1 is 1.20 bits per heavy atom. The lowest BCUT2D eigenvalue weighted by atomic mass is 9.97. The highest BCUT2D eigenvalue weighted by Crippen LogP contribution is 2.36. The smallest absolute Gasteiger partial charge is 0.373 e. The van der Waals surface area contributed by atoms with Gasteiger partial charge in [0.2, 0.25) is 5.82 Å². The molecular formula is C22H23N5O3. The molecule has 2 heterocycles. The first kappa shape index (κ1) is 19.8. The molecule has 4 rings (SSSR count). The van der Waals surface area contributed by atoms with E-state index in [1.807, 2.05) is 31.2 Å². The summed E-state index contributed by atoms with van der Waals surface area (Å²) in [6.07, 6.45) is 9.02. The van der Waals surface area contributed by atoms with Gasteiger partial charge in [0, 0.05) is 17.6 Å². The molecule has 0 bridgehead atoms. The second-order valence-electron chi connectivity index (χ2n) is 7.30. The van der Waals surface area contributed by atoms with Crippen molar-refractivity contribution in [2.24, 2.45) is 0 Å². The van der Waals surface area contributed by atoms with Gasteiger partial charge in [0.25, 0.3) is 0 Å². The lowest BCUT2D eigenvalue weighted by molar-refractivity contribution is -0.385. The van der Waals surface area contributed by atoms with Crippen LogP contribution in [0.1, 0.15) is 37.8 Å². The predicted molar refractivity (Wildman–Crippen MR) is 115 cm³/mol. The number of rotatable bonds is 7. The Bertz CT molecular complexity index is 1110. The van der Waals surface area contributed by atoms with E-state index in [2.05, 4.69) is 26.3 Å². The zero-order valence-electron chi connectivity index (χ0n) is 16.8. The van der Waals surface area contributed by atoms with Crippen LogP contribution in [0.15, 0.2) is 48.3 Å². The standard InChI is InChI=1S/C22H23N5O3/c1-15-10-11-17-8-5-9-18(19(17)26-15)30-22-20(27(28)29)21(24-14-25-22)23-13-12-16-6-3-2-4-7-16/h5-6,8-11,14H,2-4,7,12-13H2,1H3,(H,23,24,25). The molecule has 0 fully saturated rings. The molecule has 0 unspecified atom stereocenters.